The van der Waals surface area contributed by atoms with Gasteiger partial charge in [0.25, 0.3) is 0 Å². The van der Waals surface area contributed by atoms with Crippen LogP contribution in [0.15, 0.2) is 108 Å². The maximum atomic E-state index is 9.84. The minimum atomic E-state index is 0.110. The standard InChI is InChI=1S/C32H27N3O2/c1-36-31-18-15-26(20-32(31)37-2)27(22-33)19-23-13-16-28(17-14-23)35-30(25-11-7-4-8-12-25)21-29(34-35)24-9-5-3-6-10-24/h3-20,30H,21H2,1-2H3. The molecule has 0 N–H and O–H groups in total. The molecule has 5 heteroatoms. The highest BCUT2D eigenvalue weighted by atomic mass is 16.5. The summed E-state index contributed by atoms with van der Waals surface area (Å²) in [6.07, 6.45) is 2.70. The molecule has 1 aliphatic heterocycles. The third-order valence-corrected chi connectivity index (χ3v) is 6.49. The van der Waals surface area contributed by atoms with Gasteiger partial charge in [0.2, 0.25) is 0 Å². The van der Waals surface area contributed by atoms with Crippen molar-refractivity contribution in [3.63, 3.8) is 0 Å². The van der Waals surface area contributed by atoms with Crippen LogP contribution in [0, 0.1) is 11.3 Å². The average molecular weight is 486 g/mol. The second-order valence-electron chi connectivity index (χ2n) is 8.72. The topological polar surface area (TPSA) is 57.8 Å². The fourth-order valence-electron chi connectivity index (χ4n) is 4.56. The molecule has 0 aliphatic carbocycles. The van der Waals surface area contributed by atoms with E-state index in [9.17, 15) is 5.26 Å². The van der Waals surface area contributed by atoms with Crippen LogP contribution in [0.3, 0.4) is 0 Å². The molecule has 0 spiro atoms. The van der Waals surface area contributed by atoms with E-state index in [1.54, 1.807) is 14.2 Å². The molecule has 0 saturated heterocycles. The van der Waals surface area contributed by atoms with Crippen LogP contribution in [-0.4, -0.2) is 19.9 Å². The van der Waals surface area contributed by atoms with Gasteiger partial charge >= 0.3 is 0 Å². The number of hydrogen-bond acceptors (Lipinski definition) is 5. The molecule has 0 amide bonds. The molecule has 5 nitrogen and oxygen atoms in total. The van der Waals surface area contributed by atoms with E-state index in [0.29, 0.717) is 17.1 Å². The van der Waals surface area contributed by atoms with Crippen LogP contribution in [0.4, 0.5) is 5.69 Å². The van der Waals surface area contributed by atoms with Crippen molar-refractivity contribution in [1.82, 2.24) is 0 Å². The molecule has 37 heavy (non-hydrogen) atoms. The number of nitrogens with zero attached hydrogens (tertiary/aromatic N) is 3. The van der Waals surface area contributed by atoms with Crippen LogP contribution >= 0.6 is 0 Å². The summed E-state index contributed by atoms with van der Waals surface area (Å²) >= 11 is 0. The van der Waals surface area contributed by atoms with Crippen LogP contribution in [-0.2, 0) is 0 Å². The van der Waals surface area contributed by atoms with E-state index in [1.165, 1.54) is 5.56 Å². The van der Waals surface area contributed by atoms with Gasteiger partial charge in [0, 0.05) is 6.42 Å². The SMILES string of the molecule is COc1ccc(C(C#N)=Cc2ccc(N3N=C(c4ccccc4)CC3c3ccccc3)cc2)cc1OC. The van der Waals surface area contributed by atoms with Gasteiger partial charge in [0.05, 0.1) is 43.3 Å². The quantitative estimate of drug-likeness (QED) is 0.206. The lowest BCUT2D eigenvalue weighted by Gasteiger charge is -2.24. The lowest BCUT2D eigenvalue weighted by Crippen LogP contribution is -2.18. The summed E-state index contributed by atoms with van der Waals surface area (Å²) in [4.78, 5) is 0. The highest BCUT2D eigenvalue weighted by molar-refractivity contribution is 6.03. The molecule has 5 rings (SSSR count). The molecule has 1 atom stereocenters. The molecule has 1 aliphatic rings. The van der Waals surface area contributed by atoms with Gasteiger partial charge in [-0.05, 0) is 58.7 Å². The zero-order valence-corrected chi connectivity index (χ0v) is 20.8. The van der Waals surface area contributed by atoms with Gasteiger partial charge in [-0.15, -0.1) is 0 Å². The van der Waals surface area contributed by atoms with E-state index in [1.807, 2.05) is 60.7 Å². The summed E-state index contributed by atoms with van der Waals surface area (Å²) in [6.45, 7) is 0. The van der Waals surface area contributed by atoms with Crippen molar-refractivity contribution in [3.05, 3.63) is 125 Å². The maximum Gasteiger partial charge on any atom is 0.161 e. The molecule has 4 aromatic rings. The van der Waals surface area contributed by atoms with Crippen LogP contribution in [0.1, 0.15) is 34.7 Å². The monoisotopic (exact) mass is 485 g/mol. The Morgan fingerprint density at radius 1 is 0.865 bits per heavy atom. The fraction of sp³-hybridized carbons (Fsp3) is 0.125. The van der Waals surface area contributed by atoms with Gasteiger partial charge in [-0.2, -0.15) is 10.4 Å². The first-order valence-electron chi connectivity index (χ1n) is 12.1. The lowest BCUT2D eigenvalue weighted by molar-refractivity contribution is 0.355. The fourth-order valence-corrected chi connectivity index (χ4v) is 4.56. The van der Waals surface area contributed by atoms with Crippen molar-refractivity contribution >= 4 is 23.0 Å². The molecule has 0 saturated carbocycles. The third kappa shape index (κ3) is 5.10. The van der Waals surface area contributed by atoms with E-state index in [4.69, 9.17) is 14.6 Å². The predicted octanol–water partition coefficient (Wildman–Crippen LogP) is 7.12. The summed E-state index contributed by atoms with van der Waals surface area (Å²) in [6, 6.07) is 36.9. The molecule has 0 aromatic heterocycles. The molecule has 1 heterocycles. The number of nitriles is 1. The summed E-state index contributed by atoms with van der Waals surface area (Å²) in [5.41, 5.74) is 6.67. The first-order chi connectivity index (χ1) is 18.2. The maximum absolute atomic E-state index is 9.84. The Kier molecular flexibility index (Phi) is 7.00. The number of hydrogen-bond donors (Lipinski definition) is 0. The van der Waals surface area contributed by atoms with Crippen molar-refractivity contribution in [1.29, 1.82) is 5.26 Å². The number of hydrazone groups is 1. The number of anilines is 1. The number of benzene rings is 4. The van der Waals surface area contributed by atoms with Crippen molar-refractivity contribution in [2.45, 2.75) is 12.5 Å². The Bertz CT molecular complexity index is 1470. The van der Waals surface area contributed by atoms with Crippen molar-refractivity contribution in [2.75, 3.05) is 19.2 Å². The Morgan fingerprint density at radius 3 is 2.19 bits per heavy atom. The average Bonchev–Trinajstić information content (AvgIpc) is 3.42. The largest absolute Gasteiger partial charge is 0.493 e. The van der Waals surface area contributed by atoms with Gasteiger partial charge in [0.1, 0.15) is 0 Å². The number of ether oxygens (including phenoxy) is 2. The predicted molar refractivity (Wildman–Crippen MR) is 149 cm³/mol. The first kappa shape index (κ1) is 23.9. The minimum Gasteiger partial charge on any atom is -0.493 e. The second kappa shape index (κ2) is 10.8. The Balaban J connectivity index is 1.46. The molecule has 0 bridgehead atoms. The molecule has 4 aromatic carbocycles. The van der Waals surface area contributed by atoms with E-state index >= 15 is 0 Å². The van der Waals surface area contributed by atoms with E-state index in [-0.39, 0.29) is 6.04 Å². The summed E-state index contributed by atoms with van der Waals surface area (Å²) in [7, 11) is 3.18. The van der Waals surface area contributed by atoms with E-state index in [0.717, 1.165) is 34.5 Å². The van der Waals surface area contributed by atoms with Crippen LogP contribution in [0.25, 0.3) is 11.6 Å². The highest BCUT2D eigenvalue weighted by Crippen LogP contribution is 2.37. The smallest absolute Gasteiger partial charge is 0.161 e. The Hall–Kier alpha value is -4.82. The number of allylic oxidation sites excluding steroid dienone is 1. The number of methoxy groups -OCH3 is 2. The summed E-state index contributed by atoms with van der Waals surface area (Å²) < 4.78 is 10.7. The molecule has 182 valence electrons. The van der Waals surface area contributed by atoms with Gasteiger partial charge in [-0.1, -0.05) is 72.8 Å². The summed E-state index contributed by atoms with van der Waals surface area (Å²) in [5, 5.41) is 17.0. The normalized spacial score (nSPS) is 15.2. The molecule has 0 fully saturated rings. The van der Waals surface area contributed by atoms with Crippen molar-refractivity contribution in [3.8, 4) is 17.6 Å². The van der Waals surface area contributed by atoms with Crippen LogP contribution in [0.2, 0.25) is 0 Å². The van der Waals surface area contributed by atoms with Gasteiger partial charge < -0.3 is 9.47 Å². The minimum absolute atomic E-state index is 0.110. The molecule has 0 radical (unpaired) electrons. The Morgan fingerprint density at radius 2 is 1.54 bits per heavy atom. The zero-order valence-electron chi connectivity index (χ0n) is 20.8. The molecule has 1 unspecified atom stereocenters. The molecular formula is C32H27N3O2. The van der Waals surface area contributed by atoms with Crippen LogP contribution in [0.5, 0.6) is 11.5 Å². The summed E-state index contributed by atoms with van der Waals surface area (Å²) in [5.74, 6) is 1.21. The van der Waals surface area contributed by atoms with Gasteiger partial charge in [-0.25, -0.2) is 0 Å². The van der Waals surface area contributed by atoms with E-state index < -0.39 is 0 Å². The van der Waals surface area contributed by atoms with Gasteiger partial charge in [0.15, 0.2) is 11.5 Å². The zero-order chi connectivity index (χ0) is 25.6. The van der Waals surface area contributed by atoms with Crippen molar-refractivity contribution in [2.24, 2.45) is 5.10 Å². The first-order valence-corrected chi connectivity index (χ1v) is 12.1. The highest BCUT2D eigenvalue weighted by Gasteiger charge is 2.29. The van der Waals surface area contributed by atoms with Crippen molar-refractivity contribution < 1.29 is 9.47 Å². The third-order valence-electron chi connectivity index (χ3n) is 6.49. The second-order valence-corrected chi connectivity index (χ2v) is 8.72. The number of rotatable bonds is 7. The van der Waals surface area contributed by atoms with E-state index in [2.05, 4.69) is 59.6 Å². The van der Waals surface area contributed by atoms with Crippen LogP contribution < -0.4 is 14.5 Å². The molecular weight excluding hydrogens is 458 g/mol. The van der Waals surface area contributed by atoms with Gasteiger partial charge in [-0.3, -0.25) is 5.01 Å². The lowest BCUT2D eigenvalue weighted by atomic mass is 9.98. The Labute approximate surface area is 217 Å².